The standard InChI is InChI=1S/C13H17BrN2O3/c1-7(2)10(6-15)12(17)16-8-3-4-11(14)9(5-8)13(18)19/h3-5,7,10H,6,15H2,1-2H3,(H,16,17)(H,18,19). The molecule has 0 aliphatic heterocycles. The van der Waals surface area contributed by atoms with Gasteiger partial charge in [-0.25, -0.2) is 4.79 Å². The normalized spacial score (nSPS) is 12.3. The van der Waals surface area contributed by atoms with E-state index in [9.17, 15) is 9.59 Å². The van der Waals surface area contributed by atoms with Crippen molar-refractivity contribution < 1.29 is 14.7 Å². The molecule has 1 aromatic carbocycles. The molecule has 1 atom stereocenters. The second-order valence-corrected chi connectivity index (χ2v) is 5.43. The highest BCUT2D eigenvalue weighted by atomic mass is 79.9. The van der Waals surface area contributed by atoms with E-state index in [2.05, 4.69) is 21.2 Å². The van der Waals surface area contributed by atoms with E-state index in [-0.39, 0.29) is 29.9 Å². The summed E-state index contributed by atoms with van der Waals surface area (Å²) in [5.74, 6) is -1.42. The Labute approximate surface area is 120 Å². The lowest BCUT2D eigenvalue weighted by Gasteiger charge is -2.18. The van der Waals surface area contributed by atoms with Crippen LogP contribution < -0.4 is 11.1 Å². The summed E-state index contributed by atoms with van der Waals surface area (Å²) in [4.78, 5) is 23.0. The van der Waals surface area contributed by atoms with E-state index >= 15 is 0 Å². The molecular formula is C13H17BrN2O3. The van der Waals surface area contributed by atoms with Gasteiger partial charge in [-0.2, -0.15) is 0 Å². The van der Waals surface area contributed by atoms with Crippen molar-refractivity contribution in [3.8, 4) is 0 Å². The molecule has 0 aliphatic carbocycles. The van der Waals surface area contributed by atoms with Crippen LogP contribution in [0.25, 0.3) is 0 Å². The summed E-state index contributed by atoms with van der Waals surface area (Å²) in [6.07, 6.45) is 0. The van der Waals surface area contributed by atoms with Gasteiger partial charge in [0, 0.05) is 16.7 Å². The number of benzene rings is 1. The first-order valence-electron chi connectivity index (χ1n) is 5.90. The summed E-state index contributed by atoms with van der Waals surface area (Å²) >= 11 is 3.15. The van der Waals surface area contributed by atoms with Crippen molar-refractivity contribution in [2.24, 2.45) is 17.6 Å². The summed E-state index contributed by atoms with van der Waals surface area (Å²) in [6, 6.07) is 4.65. The van der Waals surface area contributed by atoms with Crippen LogP contribution in [-0.2, 0) is 4.79 Å². The molecule has 1 unspecified atom stereocenters. The number of amides is 1. The van der Waals surface area contributed by atoms with Gasteiger partial charge in [0.15, 0.2) is 0 Å². The first-order chi connectivity index (χ1) is 8.86. The van der Waals surface area contributed by atoms with Crippen molar-refractivity contribution in [2.45, 2.75) is 13.8 Å². The van der Waals surface area contributed by atoms with E-state index in [1.165, 1.54) is 6.07 Å². The number of carboxylic acid groups (broad SMARTS) is 1. The van der Waals surface area contributed by atoms with Crippen LogP contribution in [0.4, 0.5) is 5.69 Å². The molecule has 0 radical (unpaired) electrons. The smallest absolute Gasteiger partial charge is 0.336 e. The SMILES string of the molecule is CC(C)C(CN)C(=O)Nc1ccc(Br)c(C(=O)O)c1. The molecule has 0 heterocycles. The minimum atomic E-state index is -1.05. The Balaban J connectivity index is 2.91. The molecule has 104 valence electrons. The molecule has 0 spiro atoms. The summed E-state index contributed by atoms with van der Waals surface area (Å²) in [6.45, 7) is 4.09. The molecule has 1 aromatic rings. The Hall–Kier alpha value is -1.40. The van der Waals surface area contributed by atoms with Crippen LogP contribution in [0.3, 0.4) is 0 Å². The minimum absolute atomic E-state index is 0.103. The Bertz CT molecular complexity index is 489. The van der Waals surface area contributed by atoms with Gasteiger partial charge < -0.3 is 16.2 Å². The third-order valence-electron chi connectivity index (χ3n) is 2.86. The molecule has 1 amide bonds. The first-order valence-corrected chi connectivity index (χ1v) is 6.70. The van der Waals surface area contributed by atoms with Crippen molar-refractivity contribution in [1.82, 2.24) is 0 Å². The number of hydrogen-bond acceptors (Lipinski definition) is 3. The van der Waals surface area contributed by atoms with Gasteiger partial charge in [-0.15, -0.1) is 0 Å². The van der Waals surface area contributed by atoms with Crippen LogP contribution >= 0.6 is 15.9 Å². The number of halogens is 1. The molecule has 6 heteroatoms. The lowest BCUT2D eigenvalue weighted by Crippen LogP contribution is -2.33. The molecule has 0 fully saturated rings. The fraction of sp³-hybridized carbons (Fsp3) is 0.385. The molecule has 19 heavy (non-hydrogen) atoms. The zero-order valence-electron chi connectivity index (χ0n) is 10.8. The van der Waals surface area contributed by atoms with Gasteiger partial charge in [0.25, 0.3) is 0 Å². The van der Waals surface area contributed by atoms with E-state index in [1.807, 2.05) is 13.8 Å². The van der Waals surface area contributed by atoms with Gasteiger partial charge in [-0.05, 0) is 40.0 Å². The Morgan fingerprint density at radius 1 is 1.42 bits per heavy atom. The number of carbonyl (C=O) groups is 2. The van der Waals surface area contributed by atoms with Crippen LogP contribution in [0.5, 0.6) is 0 Å². The van der Waals surface area contributed by atoms with Crippen molar-refractivity contribution in [3.05, 3.63) is 28.2 Å². The molecule has 1 rings (SSSR count). The van der Waals surface area contributed by atoms with Gasteiger partial charge in [0.2, 0.25) is 5.91 Å². The molecule has 0 aliphatic rings. The fourth-order valence-corrected chi connectivity index (χ4v) is 2.10. The van der Waals surface area contributed by atoms with E-state index in [0.29, 0.717) is 10.2 Å². The average Bonchev–Trinajstić information content (AvgIpc) is 2.31. The van der Waals surface area contributed by atoms with Gasteiger partial charge in [-0.3, -0.25) is 4.79 Å². The number of aromatic carboxylic acids is 1. The first kappa shape index (κ1) is 15.7. The van der Waals surface area contributed by atoms with E-state index in [4.69, 9.17) is 10.8 Å². The number of anilines is 1. The fourth-order valence-electron chi connectivity index (χ4n) is 1.68. The largest absolute Gasteiger partial charge is 0.478 e. The number of nitrogens with one attached hydrogen (secondary N) is 1. The van der Waals surface area contributed by atoms with Crippen LogP contribution in [0.15, 0.2) is 22.7 Å². The predicted octanol–water partition coefficient (Wildman–Crippen LogP) is 2.32. The highest BCUT2D eigenvalue weighted by molar-refractivity contribution is 9.10. The molecule has 0 saturated heterocycles. The van der Waals surface area contributed by atoms with Gasteiger partial charge >= 0.3 is 5.97 Å². The maximum Gasteiger partial charge on any atom is 0.336 e. The Kier molecular flexibility index (Phi) is 5.50. The highest BCUT2D eigenvalue weighted by Gasteiger charge is 2.21. The number of carbonyl (C=O) groups excluding carboxylic acids is 1. The zero-order valence-corrected chi connectivity index (χ0v) is 12.4. The number of carboxylic acids is 1. The Morgan fingerprint density at radius 2 is 2.05 bits per heavy atom. The maximum absolute atomic E-state index is 12.0. The number of rotatable bonds is 5. The molecule has 0 bridgehead atoms. The quantitative estimate of drug-likeness (QED) is 0.773. The van der Waals surface area contributed by atoms with Crippen molar-refractivity contribution in [1.29, 1.82) is 0 Å². The summed E-state index contributed by atoms with van der Waals surface area (Å²) in [7, 11) is 0. The van der Waals surface area contributed by atoms with Gasteiger partial charge in [0.1, 0.15) is 0 Å². The molecular weight excluding hydrogens is 312 g/mol. The molecule has 0 saturated carbocycles. The third-order valence-corrected chi connectivity index (χ3v) is 3.55. The van der Waals surface area contributed by atoms with E-state index in [1.54, 1.807) is 12.1 Å². The van der Waals surface area contributed by atoms with E-state index in [0.717, 1.165) is 0 Å². The van der Waals surface area contributed by atoms with Crippen LogP contribution in [0.2, 0.25) is 0 Å². The van der Waals surface area contributed by atoms with Crippen molar-refractivity contribution in [3.63, 3.8) is 0 Å². The lowest BCUT2D eigenvalue weighted by molar-refractivity contribution is -0.120. The minimum Gasteiger partial charge on any atom is -0.478 e. The predicted molar refractivity (Wildman–Crippen MR) is 77.1 cm³/mol. The number of nitrogens with two attached hydrogens (primary N) is 1. The van der Waals surface area contributed by atoms with Gasteiger partial charge in [0.05, 0.1) is 11.5 Å². The summed E-state index contributed by atoms with van der Waals surface area (Å²) < 4.78 is 0.470. The summed E-state index contributed by atoms with van der Waals surface area (Å²) in [5, 5.41) is 11.7. The van der Waals surface area contributed by atoms with Crippen LogP contribution in [-0.4, -0.2) is 23.5 Å². The molecule has 5 nitrogen and oxygen atoms in total. The Morgan fingerprint density at radius 3 is 2.53 bits per heavy atom. The van der Waals surface area contributed by atoms with Crippen molar-refractivity contribution in [2.75, 3.05) is 11.9 Å². The second kappa shape index (κ2) is 6.68. The van der Waals surface area contributed by atoms with Crippen molar-refractivity contribution >= 4 is 33.5 Å². The lowest BCUT2D eigenvalue weighted by atomic mass is 9.95. The zero-order chi connectivity index (χ0) is 14.6. The second-order valence-electron chi connectivity index (χ2n) is 4.58. The van der Waals surface area contributed by atoms with Crippen LogP contribution in [0, 0.1) is 11.8 Å². The van der Waals surface area contributed by atoms with Crippen LogP contribution in [0.1, 0.15) is 24.2 Å². The van der Waals surface area contributed by atoms with E-state index < -0.39 is 5.97 Å². The monoisotopic (exact) mass is 328 g/mol. The van der Waals surface area contributed by atoms with Gasteiger partial charge in [-0.1, -0.05) is 13.8 Å². The molecule has 4 N–H and O–H groups in total. The number of hydrogen-bond donors (Lipinski definition) is 3. The third kappa shape index (κ3) is 4.04. The maximum atomic E-state index is 12.0. The summed E-state index contributed by atoms with van der Waals surface area (Å²) in [5.41, 5.74) is 6.12. The molecule has 0 aromatic heterocycles. The topological polar surface area (TPSA) is 92.4 Å². The highest BCUT2D eigenvalue weighted by Crippen LogP contribution is 2.22. The average molecular weight is 329 g/mol.